The van der Waals surface area contributed by atoms with E-state index in [0.717, 1.165) is 23.7 Å². The van der Waals surface area contributed by atoms with Gasteiger partial charge in [-0.15, -0.1) is 0 Å². The van der Waals surface area contributed by atoms with Gasteiger partial charge in [0, 0.05) is 17.0 Å². The Labute approximate surface area is 92.0 Å². The molecule has 2 aromatic rings. The lowest BCUT2D eigenvalue weighted by Gasteiger charge is -2.00. The van der Waals surface area contributed by atoms with Crippen molar-refractivity contribution in [2.75, 3.05) is 11.1 Å². The smallest absolute Gasteiger partial charge is 0.228 e. The van der Waals surface area contributed by atoms with Crippen LogP contribution in [0.25, 0.3) is 10.9 Å². The first-order valence-corrected chi connectivity index (χ1v) is 5.28. The monoisotopic (exact) mass is 216 g/mol. The molecule has 0 bridgehead atoms. The molecule has 0 unspecified atom stereocenters. The van der Waals surface area contributed by atoms with Crippen molar-refractivity contribution in [2.45, 2.75) is 12.8 Å². The van der Waals surface area contributed by atoms with Gasteiger partial charge in [-0.2, -0.15) is 5.10 Å². The molecule has 5 nitrogen and oxygen atoms in total. The lowest BCUT2D eigenvalue weighted by Crippen LogP contribution is -2.13. The Bertz CT molecular complexity index is 556. The second-order valence-electron chi connectivity index (χ2n) is 4.14. The van der Waals surface area contributed by atoms with Crippen LogP contribution in [0, 0.1) is 5.92 Å². The zero-order valence-corrected chi connectivity index (χ0v) is 8.66. The van der Waals surface area contributed by atoms with Crippen LogP contribution in [0.1, 0.15) is 12.8 Å². The summed E-state index contributed by atoms with van der Waals surface area (Å²) in [6.45, 7) is 0. The predicted octanol–water partition coefficient (Wildman–Crippen LogP) is 1.49. The molecule has 0 atom stereocenters. The number of nitrogens with zero attached hydrogens (tertiary/aromatic N) is 1. The van der Waals surface area contributed by atoms with E-state index in [2.05, 4.69) is 15.5 Å². The number of anilines is 2. The van der Waals surface area contributed by atoms with Crippen LogP contribution in [-0.2, 0) is 4.79 Å². The molecule has 0 aliphatic heterocycles. The number of nitrogens with two attached hydrogens (primary N) is 1. The van der Waals surface area contributed by atoms with Crippen molar-refractivity contribution in [1.29, 1.82) is 0 Å². The number of carbonyl (C=O) groups excluding carboxylic acids is 1. The Balaban J connectivity index is 1.96. The summed E-state index contributed by atoms with van der Waals surface area (Å²) in [7, 11) is 0. The van der Waals surface area contributed by atoms with E-state index in [1.54, 1.807) is 12.1 Å². The van der Waals surface area contributed by atoms with Crippen LogP contribution in [-0.4, -0.2) is 16.1 Å². The number of rotatable bonds is 2. The molecule has 0 radical (unpaired) electrons. The fraction of sp³-hybridized carbons (Fsp3) is 0.273. The molecule has 1 aliphatic carbocycles. The van der Waals surface area contributed by atoms with E-state index < -0.39 is 0 Å². The molecule has 5 heteroatoms. The zero-order valence-electron chi connectivity index (χ0n) is 8.66. The standard InChI is InChI=1S/C11H12N4O/c12-7-3-4-9-8(5-7)10(15-14-9)13-11(16)6-1-2-6/h3-6H,1-2,12H2,(H2,13,14,15,16). The van der Waals surface area contributed by atoms with E-state index in [-0.39, 0.29) is 11.8 Å². The van der Waals surface area contributed by atoms with Crippen LogP contribution in [0.15, 0.2) is 18.2 Å². The maximum Gasteiger partial charge on any atom is 0.228 e. The summed E-state index contributed by atoms with van der Waals surface area (Å²) in [5.74, 6) is 0.794. The van der Waals surface area contributed by atoms with Gasteiger partial charge in [-0.1, -0.05) is 0 Å². The van der Waals surface area contributed by atoms with E-state index in [1.165, 1.54) is 0 Å². The van der Waals surface area contributed by atoms with Gasteiger partial charge in [0.1, 0.15) is 0 Å². The second-order valence-corrected chi connectivity index (χ2v) is 4.14. The number of benzene rings is 1. The van der Waals surface area contributed by atoms with Crippen LogP contribution < -0.4 is 11.1 Å². The van der Waals surface area contributed by atoms with Gasteiger partial charge in [-0.05, 0) is 31.0 Å². The lowest BCUT2D eigenvalue weighted by atomic mass is 10.2. The molecule has 4 N–H and O–H groups in total. The minimum absolute atomic E-state index is 0.0517. The molecule has 1 saturated carbocycles. The van der Waals surface area contributed by atoms with E-state index in [4.69, 9.17) is 5.73 Å². The fourth-order valence-corrected chi connectivity index (χ4v) is 1.69. The normalized spacial score (nSPS) is 15.2. The highest BCUT2D eigenvalue weighted by molar-refractivity contribution is 6.01. The van der Waals surface area contributed by atoms with E-state index in [0.29, 0.717) is 11.5 Å². The Morgan fingerprint density at radius 3 is 3.06 bits per heavy atom. The summed E-state index contributed by atoms with van der Waals surface area (Å²) >= 11 is 0. The van der Waals surface area contributed by atoms with Crippen molar-refractivity contribution in [3.05, 3.63) is 18.2 Å². The molecule has 1 amide bonds. The average Bonchev–Trinajstić information content (AvgIpc) is 3.04. The van der Waals surface area contributed by atoms with Gasteiger partial charge in [-0.3, -0.25) is 9.89 Å². The van der Waals surface area contributed by atoms with Gasteiger partial charge in [0.2, 0.25) is 5.91 Å². The van der Waals surface area contributed by atoms with Crippen LogP contribution >= 0.6 is 0 Å². The van der Waals surface area contributed by atoms with Gasteiger partial charge >= 0.3 is 0 Å². The number of aromatic amines is 1. The highest BCUT2D eigenvalue weighted by atomic mass is 16.2. The summed E-state index contributed by atoms with van der Waals surface area (Å²) in [4.78, 5) is 11.6. The Kier molecular flexibility index (Phi) is 1.86. The van der Waals surface area contributed by atoms with Crippen LogP contribution in [0.3, 0.4) is 0 Å². The number of H-pyrrole nitrogens is 1. The number of nitrogen functional groups attached to an aromatic ring is 1. The van der Waals surface area contributed by atoms with Crippen LogP contribution in [0.4, 0.5) is 11.5 Å². The number of hydrogen-bond donors (Lipinski definition) is 3. The fourth-order valence-electron chi connectivity index (χ4n) is 1.69. The minimum Gasteiger partial charge on any atom is -0.399 e. The molecule has 1 fully saturated rings. The maximum absolute atomic E-state index is 11.6. The molecule has 82 valence electrons. The Morgan fingerprint density at radius 2 is 2.31 bits per heavy atom. The SMILES string of the molecule is Nc1ccc2[nH]nc(NC(=O)C3CC3)c2c1. The first kappa shape index (κ1) is 9.21. The highest BCUT2D eigenvalue weighted by Gasteiger charge is 2.30. The summed E-state index contributed by atoms with van der Waals surface area (Å²) in [5.41, 5.74) is 7.24. The first-order chi connectivity index (χ1) is 7.74. The molecule has 1 aromatic carbocycles. The molecule has 1 heterocycles. The van der Waals surface area contributed by atoms with Gasteiger partial charge in [-0.25, -0.2) is 0 Å². The van der Waals surface area contributed by atoms with Crippen molar-refractivity contribution in [1.82, 2.24) is 10.2 Å². The molecule has 0 spiro atoms. The minimum atomic E-state index is 0.0517. The van der Waals surface area contributed by atoms with Crippen molar-refractivity contribution in [3.63, 3.8) is 0 Å². The summed E-state index contributed by atoms with van der Waals surface area (Å²) in [5, 5.41) is 10.6. The molecule has 1 aromatic heterocycles. The average molecular weight is 216 g/mol. The van der Waals surface area contributed by atoms with E-state index in [9.17, 15) is 4.79 Å². The van der Waals surface area contributed by atoms with Crippen molar-refractivity contribution >= 4 is 28.3 Å². The lowest BCUT2D eigenvalue weighted by molar-refractivity contribution is -0.117. The quantitative estimate of drug-likeness (QED) is 0.665. The summed E-state index contributed by atoms with van der Waals surface area (Å²) < 4.78 is 0. The number of carbonyl (C=O) groups is 1. The Hall–Kier alpha value is -2.04. The first-order valence-electron chi connectivity index (χ1n) is 5.28. The van der Waals surface area contributed by atoms with Crippen LogP contribution in [0.5, 0.6) is 0 Å². The van der Waals surface area contributed by atoms with Crippen LogP contribution in [0.2, 0.25) is 0 Å². The van der Waals surface area contributed by atoms with Gasteiger partial charge in [0.15, 0.2) is 5.82 Å². The van der Waals surface area contributed by atoms with Crippen molar-refractivity contribution < 1.29 is 4.79 Å². The number of nitrogens with one attached hydrogen (secondary N) is 2. The maximum atomic E-state index is 11.6. The molecule has 0 saturated heterocycles. The third-order valence-corrected chi connectivity index (χ3v) is 2.78. The summed E-state index contributed by atoms with van der Waals surface area (Å²) in [6.07, 6.45) is 1.96. The molecular weight excluding hydrogens is 204 g/mol. The van der Waals surface area contributed by atoms with E-state index in [1.807, 2.05) is 6.07 Å². The van der Waals surface area contributed by atoms with Crippen molar-refractivity contribution in [3.8, 4) is 0 Å². The molecule has 1 aliphatic rings. The third kappa shape index (κ3) is 1.50. The zero-order chi connectivity index (χ0) is 11.1. The number of hydrogen-bond acceptors (Lipinski definition) is 3. The topological polar surface area (TPSA) is 83.8 Å². The van der Waals surface area contributed by atoms with Gasteiger partial charge in [0.05, 0.1) is 5.52 Å². The largest absolute Gasteiger partial charge is 0.399 e. The molecule has 3 rings (SSSR count). The van der Waals surface area contributed by atoms with Gasteiger partial charge in [0.25, 0.3) is 0 Å². The highest BCUT2D eigenvalue weighted by Crippen LogP contribution is 2.31. The second kappa shape index (κ2) is 3.23. The molecule has 16 heavy (non-hydrogen) atoms. The molecular formula is C11H12N4O. The van der Waals surface area contributed by atoms with Crippen molar-refractivity contribution in [2.24, 2.45) is 5.92 Å². The van der Waals surface area contributed by atoms with Gasteiger partial charge < -0.3 is 11.1 Å². The Morgan fingerprint density at radius 1 is 1.50 bits per heavy atom. The predicted molar refractivity (Wildman–Crippen MR) is 61.9 cm³/mol. The van der Waals surface area contributed by atoms with E-state index >= 15 is 0 Å². The third-order valence-electron chi connectivity index (χ3n) is 2.78. The number of aromatic nitrogens is 2. The summed E-state index contributed by atoms with van der Waals surface area (Å²) in [6, 6.07) is 5.46. The number of amides is 1. The number of fused-ring (bicyclic) bond motifs is 1.